The van der Waals surface area contributed by atoms with Crippen molar-refractivity contribution >= 4 is 39.9 Å². The molecule has 2 aromatic rings. The van der Waals surface area contributed by atoms with Gasteiger partial charge in [0, 0.05) is 37.1 Å². The topological polar surface area (TPSA) is 101 Å². The minimum absolute atomic E-state index is 0.0100. The number of likely N-dealkylation sites (tertiary alicyclic amines) is 1. The van der Waals surface area contributed by atoms with E-state index in [2.05, 4.69) is 42.6 Å². The number of hydrogen-bond acceptors (Lipinski definition) is 7. The lowest BCUT2D eigenvalue weighted by atomic mass is 9.93. The standard InChI is InChI=1S/C29H39BrN6O3/c1-18-22-17-32-27(34-25(22)36(26(37)24(18)30)21-9-5-6-10-21)33-23-12-11-20(16-31-23)19-8-7-14-35(15-13-19)28(38)39-29(2,3)4/h11-12,16-17,19,21,27,34H,5-10,13-15H2,1-4H3,(H,31,33). The van der Waals surface area contributed by atoms with Crippen molar-refractivity contribution in [3.05, 3.63) is 49.8 Å². The van der Waals surface area contributed by atoms with Gasteiger partial charge in [0.25, 0.3) is 5.56 Å². The van der Waals surface area contributed by atoms with Gasteiger partial charge < -0.3 is 20.3 Å². The van der Waals surface area contributed by atoms with Crippen LogP contribution in [0.25, 0.3) is 0 Å². The van der Waals surface area contributed by atoms with Gasteiger partial charge >= 0.3 is 6.09 Å². The summed E-state index contributed by atoms with van der Waals surface area (Å²) in [6, 6.07) is 4.29. The Morgan fingerprint density at radius 3 is 2.59 bits per heavy atom. The van der Waals surface area contributed by atoms with Crippen molar-refractivity contribution in [1.82, 2.24) is 14.5 Å². The average Bonchev–Trinajstić information content (AvgIpc) is 3.30. The first-order valence-corrected chi connectivity index (χ1v) is 14.8. The molecule has 4 heterocycles. The van der Waals surface area contributed by atoms with Crippen molar-refractivity contribution in [1.29, 1.82) is 0 Å². The number of nitrogens with one attached hydrogen (secondary N) is 2. The van der Waals surface area contributed by atoms with Crippen LogP contribution in [-0.4, -0.2) is 51.7 Å². The molecule has 2 unspecified atom stereocenters. The van der Waals surface area contributed by atoms with Crippen molar-refractivity contribution in [3.8, 4) is 0 Å². The Morgan fingerprint density at radius 1 is 1.13 bits per heavy atom. The highest BCUT2D eigenvalue weighted by atomic mass is 79.9. The number of amides is 1. The molecule has 0 bridgehead atoms. The number of hydrogen-bond donors (Lipinski definition) is 2. The van der Waals surface area contributed by atoms with Gasteiger partial charge in [0.1, 0.15) is 17.2 Å². The van der Waals surface area contributed by atoms with Crippen molar-refractivity contribution in [2.75, 3.05) is 23.7 Å². The maximum Gasteiger partial charge on any atom is 0.410 e. The van der Waals surface area contributed by atoms with Crippen LogP contribution in [0.2, 0.25) is 0 Å². The third-order valence-corrected chi connectivity index (χ3v) is 8.81. The van der Waals surface area contributed by atoms with Crippen LogP contribution in [0.1, 0.15) is 94.4 Å². The van der Waals surface area contributed by atoms with E-state index in [0.717, 1.165) is 61.9 Å². The molecule has 3 aliphatic rings. The molecule has 9 nitrogen and oxygen atoms in total. The molecule has 2 aromatic heterocycles. The lowest BCUT2D eigenvalue weighted by molar-refractivity contribution is 0.0256. The number of aromatic nitrogens is 2. The zero-order valence-corrected chi connectivity index (χ0v) is 24.9. The second-order valence-corrected chi connectivity index (χ2v) is 12.6. The van der Waals surface area contributed by atoms with E-state index < -0.39 is 11.9 Å². The van der Waals surface area contributed by atoms with Crippen LogP contribution < -0.4 is 16.2 Å². The molecule has 1 saturated heterocycles. The van der Waals surface area contributed by atoms with Crippen LogP contribution >= 0.6 is 15.9 Å². The molecule has 2 aliphatic heterocycles. The van der Waals surface area contributed by atoms with Gasteiger partial charge in [-0.05, 0) is 98.8 Å². The molecular weight excluding hydrogens is 560 g/mol. The van der Waals surface area contributed by atoms with Crippen LogP contribution in [-0.2, 0) is 4.74 Å². The summed E-state index contributed by atoms with van der Waals surface area (Å²) in [5, 5.41) is 6.82. The summed E-state index contributed by atoms with van der Waals surface area (Å²) in [5.74, 6) is 1.88. The Kier molecular flexibility index (Phi) is 8.03. The number of carbonyl (C=O) groups is 1. The third kappa shape index (κ3) is 6.15. The Labute approximate surface area is 238 Å². The Balaban J connectivity index is 1.25. The summed E-state index contributed by atoms with van der Waals surface area (Å²) >= 11 is 3.52. The van der Waals surface area contributed by atoms with E-state index in [1.165, 1.54) is 5.56 Å². The number of ether oxygens (including phenoxy) is 1. The van der Waals surface area contributed by atoms with Gasteiger partial charge in [0.15, 0.2) is 6.29 Å². The number of anilines is 2. The molecule has 2 N–H and O–H groups in total. The zero-order valence-electron chi connectivity index (χ0n) is 23.3. The Bertz CT molecular complexity index is 1290. The van der Waals surface area contributed by atoms with Crippen LogP contribution in [0.15, 0.2) is 32.6 Å². The van der Waals surface area contributed by atoms with E-state index >= 15 is 0 Å². The molecule has 1 aliphatic carbocycles. The number of pyridine rings is 2. The highest BCUT2D eigenvalue weighted by molar-refractivity contribution is 9.10. The van der Waals surface area contributed by atoms with Gasteiger partial charge in [-0.1, -0.05) is 18.9 Å². The van der Waals surface area contributed by atoms with E-state index in [-0.39, 0.29) is 17.7 Å². The molecule has 0 aromatic carbocycles. The molecule has 1 saturated carbocycles. The van der Waals surface area contributed by atoms with Crippen LogP contribution in [0.4, 0.5) is 16.4 Å². The summed E-state index contributed by atoms with van der Waals surface area (Å²) < 4.78 is 8.09. The van der Waals surface area contributed by atoms with Crippen molar-refractivity contribution in [2.45, 2.75) is 96.5 Å². The SMILES string of the molecule is Cc1c2c(n(C3CCCC3)c(=O)c1Br)NC(Nc1ccc(C3CCCN(C(=O)OC(C)(C)C)CC3)cn1)N=C2. The fourth-order valence-electron chi connectivity index (χ4n) is 5.81. The second-order valence-electron chi connectivity index (χ2n) is 11.9. The summed E-state index contributed by atoms with van der Waals surface area (Å²) in [7, 11) is 0. The molecular formula is C29H39BrN6O3. The highest BCUT2D eigenvalue weighted by Crippen LogP contribution is 2.35. The molecule has 2 fully saturated rings. The largest absolute Gasteiger partial charge is 0.444 e. The maximum atomic E-state index is 13.2. The number of rotatable bonds is 4. The first kappa shape index (κ1) is 27.7. The molecule has 2 atom stereocenters. The minimum Gasteiger partial charge on any atom is -0.444 e. The smallest absolute Gasteiger partial charge is 0.410 e. The fourth-order valence-corrected chi connectivity index (χ4v) is 6.21. The number of halogens is 1. The van der Waals surface area contributed by atoms with Crippen LogP contribution in [0.3, 0.4) is 0 Å². The average molecular weight is 600 g/mol. The minimum atomic E-state index is -0.488. The summed E-state index contributed by atoms with van der Waals surface area (Å²) in [4.78, 5) is 36.9. The van der Waals surface area contributed by atoms with Crippen LogP contribution in [0.5, 0.6) is 0 Å². The normalized spacial score (nSPS) is 21.7. The molecule has 0 radical (unpaired) electrons. The number of carbonyl (C=O) groups excluding carboxylic acids is 1. The number of aliphatic imine (C=N–C) groups is 1. The lowest BCUT2D eigenvalue weighted by Crippen LogP contribution is -2.37. The van der Waals surface area contributed by atoms with Gasteiger partial charge in [0.2, 0.25) is 0 Å². The zero-order chi connectivity index (χ0) is 27.7. The van der Waals surface area contributed by atoms with E-state index in [1.807, 2.05) is 55.6 Å². The summed E-state index contributed by atoms with van der Waals surface area (Å²) in [5.41, 5.74) is 2.54. The molecule has 5 rings (SSSR count). The predicted octanol–water partition coefficient (Wildman–Crippen LogP) is 6.17. The second kappa shape index (κ2) is 11.3. The van der Waals surface area contributed by atoms with E-state index in [1.54, 1.807) is 0 Å². The van der Waals surface area contributed by atoms with Gasteiger partial charge in [0.05, 0.1) is 4.47 Å². The predicted molar refractivity (Wildman–Crippen MR) is 158 cm³/mol. The molecule has 10 heteroatoms. The third-order valence-electron chi connectivity index (χ3n) is 7.87. The lowest BCUT2D eigenvalue weighted by Gasteiger charge is -2.29. The molecule has 1 amide bonds. The van der Waals surface area contributed by atoms with Crippen molar-refractivity contribution in [2.24, 2.45) is 4.99 Å². The first-order chi connectivity index (χ1) is 18.6. The van der Waals surface area contributed by atoms with E-state index in [4.69, 9.17) is 4.74 Å². The monoisotopic (exact) mass is 598 g/mol. The highest BCUT2D eigenvalue weighted by Gasteiger charge is 2.29. The van der Waals surface area contributed by atoms with Gasteiger partial charge in [-0.2, -0.15) is 0 Å². The molecule has 210 valence electrons. The van der Waals surface area contributed by atoms with Gasteiger partial charge in [-0.25, -0.2) is 14.8 Å². The fraction of sp³-hybridized carbons (Fsp3) is 0.586. The summed E-state index contributed by atoms with van der Waals surface area (Å²) in [6.45, 7) is 9.03. The quantitative estimate of drug-likeness (QED) is 0.436. The van der Waals surface area contributed by atoms with Crippen molar-refractivity contribution in [3.63, 3.8) is 0 Å². The Morgan fingerprint density at radius 2 is 1.90 bits per heavy atom. The van der Waals surface area contributed by atoms with E-state index in [9.17, 15) is 9.59 Å². The van der Waals surface area contributed by atoms with Crippen molar-refractivity contribution < 1.29 is 9.53 Å². The van der Waals surface area contributed by atoms with Gasteiger partial charge in [-0.15, -0.1) is 0 Å². The maximum absolute atomic E-state index is 13.2. The van der Waals surface area contributed by atoms with Gasteiger partial charge in [-0.3, -0.25) is 9.36 Å². The first-order valence-electron chi connectivity index (χ1n) is 14.1. The Hall–Kier alpha value is -2.88. The summed E-state index contributed by atoms with van der Waals surface area (Å²) in [6.07, 6.45) is 10.2. The molecule has 0 spiro atoms. The van der Waals surface area contributed by atoms with Crippen LogP contribution in [0, 0.1) is 6.92 Å². The number of nitrogens with zero attached hydrogens (tertiary/aromatic N) is 4. The van der Waals surface area contributed by atoms with E-state index in [0.29, 0.717) is 29.3 Å². The number of fused-ring (bicyclic) bond motifs is 1. The molecule has 39 heavy (non-hydrogen) atoms.